The molecule has 1 fully saturated rings. The van der Waals surface area contributed by atoms with Crippen molar-refractivity contribution in [3.05, 3.63) is 0 Å². The van der Waals surface area contributed by atoms with E-state index in [1.54, 1.807) is 7.11 Å². The van der Waals surface area contributed by atoms with Crippen molar-refractivity contribution in [3.8, 4) is 0 Å². The molecule has 0 spiro atoms. The molecule has 3 unspecified atom stereocenters. The van der Waals surface area contributed by atoms with Gasteiger partial charge in [-0.3, -0.25) is 0 Å². The fourth-order valence-corrected chi connectivity index (χ4v) is 2.12. The van der Waals surface area contributed by atoms with E-state index in [1.807, 2.05) is 7.05 Å². The quantitative estimate of drug-likeness (QED) is 0.645. The van der Waals surface area contributed by atoms with Gasteiger partial charge in [0.25, 0.3) is 0 Å². The van der Waals surface area contributed by atoms with Crippen molar-refractivity contribution < 1.29 is 14.6 Å². The second kappa shape index (κ2) is 8.00. The van der Waals surface area contributed by atoms with Gasteiger partial charge >= 0.3 is 0 Å². The van der Waals surface area contributed by atoms with Crippen molar-refractivity contribution in [2.45, 2.75) is 31.5 Å². The van der Waals surface area contributed by atoms with Crippen LogP contribution in [-0.2, 0) is 9.47 Å². The van der Waals surface area contributed by atoms with Gasteiger partial charge in [-0.05, 0) is 20.4 Å². The van der Waals surface area contributed by atoms with Gasteiger partial charge in [0.1, 0.15) is 0 Å². The molecule has 1 heterocycles. The van der Waals surface area contributed by atoms with E-state index in [4.69, 9.17) is 9.47 Å². The van der Waals surface area contributed by atoms with Crippen LogP contribution in [0.4, 0.5) is 0 Å². The average molecular weight is 246 g/mol. The van der Waals surface area contributed by atoms with E-state index in [2.05, 4.69) is 17.1 Å². The predicted molar refractivity (Wildman–Crippen MR) is 67.2 cm³/mol. The second-order valence-electron chi connectivity index (χ2n) is 4.86. The van der Waals surface area contributed by atoms with Crippen LogP contribution in [0.3, 0.4) is 0 Å². The topological polar surface area (TPSA) is 54.0 Å². The molecule has 102 valence electrons. The van der Waals surface area contributed by atoms with E-state index in [-0.39, 0.29) is 0 Å². The highest BCUT2D eigenvalue weighted by Gasteiger charge is 2.20. The molecule has 0 saturated carbocycles. The van der Waals surface area contributed by atoms with Crippen molar-refractivity contribution in [1.29, 1.82) is 0 Å². The fourth-order valence-electron chi connectivity index (χ4n) is 2.12. The van der Waals surface area contributed by atoms with Gasteiger partial charge in [0.2, 0.25) is 0 Å². The lowest BCUT2D eigenvalue weighted by molar-refractivity contribution is 0.0279. The number of hydrogen-bond donors (Lipinski definition) is 2. The molecule has 0 aromatic rings. The highest BCUT2D eigenvalue weighted by molar-refractivity contribution is 4.77. The first-order chi connectivity index (χ1) is 8.13. The van der Waals surface area contributed by atoms with Gasteiger partial charge in [-0.15, -0.1) is 0 Å². The summed E-state index contributed by atoms with van der Waals surface area (Å²) in [4.78, 5) is 2.17. The zero-order valence-corrected chi connectivity index (χ0v) is 11.2. The Labute approximate surface area is 104 Å². The molecular formula is C12H26N2O3. The van der Waals surface area contributed by atoms with E-state index in [0.29, 0.717) is 25.2 Å². The van der Waals surface area contributed by atoms with Crippen LogP contribution in [0.5, 0.6) is 0 Å². The van der Waals surface area contributed by atoms with Crippen LogP contribution in [0.15, 0.2) is 0 Å². The highest BCUT2D eigenvalue weighted by Crippen LogP contribution is 2.08. The average Bonchev–Trinajstić information content (AvgIpc) is 2.30. The van der Waals surface area contributed by atoms with Crippen molar-refractivity contribution in [2.24, 2.45) is 0 Å². The van der Waals surface area contributed by atoms with Gasteiger partial charge in [-0.1, -0.05) is 0 Å². The number of nitrogens with one attached hydrogen (secondary N) is 1. The van der Waals surface area contributed by atoms with Crippen molar-refractivity contribution in [1.82, 2.24) is 10.2 Å². The number of aliphatic hydroxyl groups is 1. The first kappa shape index (κ1) is 14.9. The van der Waals surface area contributed by atoms with Gasteiger partial charge in [-0.2, -0.15) is 0 Å². The number of morpholine rings is 1. The molecule has 1 aliphatic heterocycles. The molecule has 1 saturated heterocycles. The summed E-state index contributed by atoms with van der Waals surface area (Å²) >= 11 is 0. The zero-order chi connectivity index (χ0) is 12.7. The molecule has 0 bridgehead atoms. The minimum atomic E-state index is -0.414. The number of methoxy groups -OCH3 is 1. The van der Waals surface area contributed by atoms with Crippen molar-refractivity contribution in [3.63, 3.8) is 0 Å². The molecule has 2 N–H and O–H groups in total. The van der Waals surface area contributed by atoms with Crippen LogP contribution >= 0.6 is 0 Å². The lowest BCUT2D eigenvalue weighted by Gasteiger charge is -2.31. The lowest BCUT2D eigenvalue weighted by atomic mass is 10.1. The molecule has 5 nitrogen and oxygen atoms in total. The molecule has 1 aliphatic rings. The molecule has 17 heavy (non-hydrogen) atoms. The van der Waals surface area contributed by atoms with E-state index in [0.717, 1.165) is 26.2 Å². The van der Waals surface area contributed by atoms with Gasteiger partial charge < -0.3 is 24.8 Å². The lowest BCUT2D eigenvalue weighted by Crippen LogP contribution is -2.46. The SMILES string of the molecule is COCC(O)CN(C)C(C)CC1COCCN1. The fraction of sp³-hybridized carbons (Fsp3) is 1.00. The minimum Gasteiger partial charge on any atom is -0.389 e. The molecule has 0 radical (unpaired) electrons. The maximum absolute atomic E-state index is 9.67. The molecule has 1 rings (SSSR count). The highest BCUT2D eigenvalue weighted by atomic mass is 16.5. The Morgan fingerprint density at radius 1 is 1.59 bits per heavy atom. The number of rotatable bonds is 7. The van der Waals surface area contributed by atoms with Crippen LogP contribution in [-0.4, -0.2) is 75.3 Å². The Bertz CT molecular complexity index is 198. The van der Waals surface area contributed by atoms with Crippen LogP contribution in [0.1, 0.15) is 13.3 Å². The number of likely N-dealkylation sites (N-methyl/N-ethyl adjacent to an activating group) is 1. The smallest absolute Gasteiger partial charge is 0.0900 e. The largest absolute Gasteiger partial charge is 0.389 e. The van der Waals surface area contributed by atoms with E-state index in [9.17, 15) is 5.11 Å². The van der Waals surface area contributed by atoms with Crippen molar-refractivity contribution >= 4 is 0 Å². The minimum absolute atomic E-state index is 0.391. The summed E-state index contributed by atoms with van der Waals surface area (Å²) in [5.74, 6) is 0. The first-order valence-electron chi connectivity index (χ1n) is 6.31. The van der Waals surface area contributed by atoms with Gasteiger partial charge in [0.15, 0.2) is 0 Å². The predicted octanol–water partition coefficient (Wildman–Crippen LogP) is -0.307. The van der Waals surface area contributed by atoms with Crippen LogP contribution < -0.4 is 5.32 Å². The van der Waals surface area contributed by atoms with Gasteiger partial charge in [0.05, 0.1) is 25.9 Å². The third-order valence-electron chi connectivity index (χ3n) is 3.23. The van der Waals surface area contributed by atoms with Gasteiger partial charge in [0, 0.05) is 32.3 Å². The summed E-state index contributed by atoms with van der Waals surface area (Å²) in [5, 5.41) is 13.1. The number of aliphatic hydroxyl groups excluding tert-OH is 1. The molecule has 0 aromatic carbocycles. The Balaban J connectivity index is 2.22. The molecule has 3 atom stereocenters. The van der Waals surface area contributed by atoms with Crippen LogP contribution in [0.2, 0.25) is 0 Å². The maximum atomic E-state index is 9.67. The standard InChI is InChI=1S/C12H26N2O3/c1-10(6-11-8-17-5-4-13-11)14(2)7-12(15)9-16-3/h10-13,15H,4-9H2,1-3H3. The number of hydrogen-bond acceptors (Lipinski definition) is 5. The van der Waals surface area contributed by atoms with E-state index >= 15 is 0 Å². The Morgan fingerprint density at radius 2 is 2.35 bits per heavy atom. The Hall–Kier alpha value is -0.200. The van der Waals surface area contributed by atoms with Crippen molar-refractivity contribution in [2.75, 3.05) is 47.1 Å². The third-order valence-corrected chi connectivity index (χ3v) is 3.23. The van der Waals surface area contributed by atoms with E-state index in [1.165, 1.54) is 0 Å². The molecule has 0 aromatic heterocycles. The summed E-state index contributed by atoms with van der Waals surface area (Å²) < 4.78 is 10.4. The summed E-state index contributed by atoms with van der Waals surface area (Å²) in [5.41, 5.74) is 0. The first-order valence-corrected chi connectivity index (χ1v) is 6.31. The van der Waals surface area contributed by atoms with Crippen LogP contribution in [0.25, 0.3) is 0 Å². The zero-order valence-electron chi connectivity index (χ0n) is 11.2. The normalized spacial score (nSPS) is 24.9. The Kier molecular flexibility index (Phi) is 6.99. The molecule has 0 amide bonds. The van der Waals surface area contributed by atoms with Crippen LogP contribution in [0, 0.1) is 0 Å². The Morgan fingerprint density at radius 3 is 2.94 bits per heavy atom. The monoisotopic (exact) mass is 246 g/mol. The summed E-state index contributed by atoms with van der Waals surface area (Å²) in [6, 6.07) is 0.849. The molecular weight excluding hydrogens is 220 g/mol. The third kappa shape index (κ3) is 5.79. The second-order valence-corrected chi connectivity index (χ2v) is 4.86. The summed E-state index contributed by atoms with van der Waals surface area (Å²) in [6.45, 7) is 5.75. The summed E-state index contributed by atoms with van der Waals surface area (Å²) in [6.07, 6.45) is 0.624. The summed E-state index contributed by atoms with van der Waals surface area (Å²) in [7, 11) is 3.64. The number of nitrogens with zero attached hydrogens (tertiary/aromatic N) is 1. The van der Waals surface area contributed by atoms with Gasteiger partial charge in [-0.25, -0.2) is 0 Å². The molecule has 0 aliphatic carbocycles. The number of ether oxygens (including phenoxy) is 2. The maximum Gasteiger partial charge on any atom is 0.0900 e. The van der Waals surface area contributed by atoms with E-state index < -0.39 is 6.10 Å². The molecule has 5 heteroatoms.